The van der Waals surface area contributed by atoms with Gasteiger partial charge in [0.25, 0.3) is 10.0 Å². The Bertz CT molecular complexity index is 712. The molecule has 4 nitrogen and oxygen atoms in total. The third kappa shape index (κ3) is 3.23. The van der Waals surface area contributed by atoms with Gasteiger partial charge in [0.1, 0.15) is 5.75 Å². The first-order valence-electron chi connectivity index (χ1n) is 5.85. The Hall–Kier alpha value is -1.72. The molecule has 0 spiro atoms. The number of sulfonamides is 1. The summed E-state index contributed by atoms with van der Waals surface area (Å²) in [5, 5.41) is 0.472. The largest absolute Gasteiger partial charge is 0.495 e. The Morgan fingerprint density at radius 2 is 1.75 bits per heavy atom. The van der Waals surface area contributed by atoms with Crippen LogP contribution >= 0.6 is 11.6 Å². The minimum Gasteiger partial charge on any atom is -0.495 e. The highest BCUT2D eigenvalue weighted by Gasteiger charge is 2.16. The molecule has 1 N–H and O–H groups in total. The molecule has 0 aliphatic rings. The van der Waals surface area contributed by atoms with Crippen LogP contribution in [0.25, 0.3) is 0 Å². The molecule has 0 aliphatic carbocycles. The first-order valence-corrected chi connectivity index (χ1v) is 7.71. The highest BCUT2D eigenvalue weighted by molar-refractivity contribution is 7.92. The van der Waals surface area contributed by atoms with E-state index in [1.807, 2.05) is 6.92 Å². The number of ether oxygens (including phenoxy) is 1. The molecule has 20 heavy (non-hydrogen) atoms. The molecule has 2 aromatic rings. The lowest BCUT2D eigenvalue weighted by molar-refractivity contribution is 0.417. The van der Waals surface area contributed by atoms with E-state index in [1.165, 1.54) is 7.11 Å². The number of rotatable bonds is 4. The van der Waals surface area contributed by atoms with Gasteiger partial charge < -0.3 is 4.74 Å². The van der Waals surface area contributed by atoms with Crippen LogP contribution in [0.4, 0.5) is 5.69 Å². The van der Waals surface area contributed by atoms with E-state index in [9.17, 15) is 8.42 Å². The predicted octanol–water partition coefficient (Wildman–Crippen LogP) is 3.46. The van der Waals surface area contributed by atoms with Gasteiger partial charge in [0.2, 0.25) is 0 Å². The van der Waals surface area contributed by atoms with E-state index in [2.05, 4.69) is 4.72 Å². The van der Waals surface area contributed by atoms with Crippen molar-refractivity contribution in [1.29, 1.82) is 0 Å². The van der Waals surface area contributed by atoms with Crippen molar-refractivity contribution in [2.75, 3.05) is 11.8 Å². The molecule has 0 heterocycles. The van der Waals surface area contributed by atoms with Crippen molar-refractivity contribution in [1.82, 2.24) is 0 Å². The Kier molecular flexibility index (Phi) is 4.20. The minimum absolute atomic E-state index is 0.195. The summed E-state index contributed by atoms with van der Waals surface area (Å²) >= 11 is 5.84. The van der Waals surface area contributed by atoms with Gasteiger partial charge in [0.05, 0.1) is 17.7 Å². The van der Waals surface area contributed by atoms with Crippen LogP contribution in [0, 0.1) is 6.92 Å². The maximum Gasteiger partial charge on any atom is 0.262 e. The van der Waals surface area contributed by atoms with Gasteiger partial charge >= 0.3 is 0 Å². The van der Waals surface area contributed by atoms with E-state index >= 15 is 0 Å². The van der Waals surface area contributed by atoms with Crippen molar-refractivity contribution in [3.63, 3.8) is 0 Å². The Morgan fingerprint density at radius 3 is 2.35 bits per heavy atom. The van der Waals surface area contributed by atoms with E-state index in [0.717, 1.165) is 5.56 Å². The van der Waals surface area contributed by atoms with Crippen molar-refractivity contribution in [2.24, 2.45) is 0 Å². The van der Waals surface area contributed by atoms with Gasteiger partial charge in [-0.25, -0.2) is 8.42 Å². The summed E-state index contributed by atoms with van der Waals surface area (Å²) in [4.78, 5) is 0.195. The number of anilines is 1. The fourth-order valence-electron chi connectivity index (χ4n) is 1.67. The van der Waals surface area contributed by atoms with E-state index in [1.54, 1.807) is 42.5 Å². The quantitative estimate of drug-likeness (QED) is 0.940. The molecule has 0 radical (unpaired) electrons. The number of halogens is 1. The van der Waals surface area contributed by atoms with Crippen LogP contribution in [0.15, 0.2) is 47.4 Å². The molecule has 0 bridgehead atoms. The van der Waals surface area contributed by atoms with Gasteiger partial charge in [-0.3, -0.25) is 4.72 Å². The summed E-state index contributed by atoms with van der Waals surface area (Å²) in [7, 11) is -2.19. The molecule has 0 aliphatic heterocycles. The van der Waals surface area contributed by atoms with Gasteiger partial charge in [-0.1, -0.05) is 29.3 Å². The van der Waals surface area contributed by atoms with Crippen molar-refractivity contribution in [3.05, 3.63) is 53.1 Å². The average Bonchev–Trinajstić information content (AvgIpc) is 2.41. The van der Waals surface area contributed by atoms with Gasteiger partial charge in [0, 0.05) is 11.1 Å². The second kappa shape index (κ2) is 5.73. The second-order valence-electron chi connectivity index (χ2n) is 4.26. The van der Waals surface area contributed by atoms with E-state index in [0.29, 0.717) is 16.5 Å². The zero-order chi connectivity index (χ0) is 14.8. The fraction of sp³-hybridized carbons (Fsp3) is 0.143. The standard InChI is InChI=1S/C14H14ClNO3S/c1-10-3-6-12(7-4-10)20(17,18)16-13-8-5-11(15)9-14(13)19-2/h3-9,16H,1-2H3. The lowest BCUT2D eigenvalue weighted by atomic mass is 10.2. The predicted molar refractivity (Wildman–Crippen MR) is 80.0 cm³/mol. The van der Waals surface area contributed by atoms with Crippen molar-refractivity contribution in [2.45, 2.75) is 11.8 Å². The average molecular weight is 312 g/mol. The van der Waals surface area contributed by atoms with Crippen LogP contribution < -0.4 is 9.46 Å². The van der Waals surface area contributed by atoms with Crippen LogP contribution in [0.2, 0.25) is 5.02 Å². The number of hydrogen-bond acceptors (Lipinski definition) is 3. The molecule has 0 fully saturated rings. The number of benzene rings is 2. The smallest absolute Gasteiger partial charge is 0.262 e. The highest BCUT2D eigenvalue weighted by Crippen LogP contribution is 2.29. The maximum atomic E-state index is 12.3. The van der Waals surface area contributed by atoms with Crippen molar-refractivity contribution >= 4 is 27.3 Å². The summed E-state index contributed by atoms with van der Waals surface area (Å²) in [6, 6.07) is 11.3. The molecule has 106 valence electrons. The third-order valence-electron chi connectivity index (χ3n) is 2.74. The SMILES string of the molecule is COc1cc(Cl)ccc1NS(=O)(=O)c1ccc(C)cc1. The van der Waals surface area contributed by atoms with Crippen LogP contribution in [-0.4, -0.2) is 15.5 Å². The first kappa shape index (κ1) is 14.7. The number of methoxy groups -OCH3 is 1. The lowest BCUT2D eigenvalue weighted by Crippen LogP contribution is -2.13. The Labute approximate surface area is 123 Å². The highest BCUT2D eigenvalue weighted by atomic mass is 35.5. The van der Waals surface area contributed by atoms with E-state index in [-0.39, 0.29) is 4.90 Å². The maximum absolute atomic E-state index is 12.3. The van der Waals surface area contributed by atoms with Gasteiger partial charge in [-0.05, 0) is 31.2 Å². The molecule has 0 unspecified atom stereocenters. The number of nitrogens with one attached hydrogen (secondary N) is 1. The van der Waals surface area contributed by atoms with E-state index < -0.39 is 10.0 Å². The zero-order valence-corrected chi connectivity index (χ0v) is 12.6. The molecule has 0 atom stereocenters. The monoisotopic (exact) mass is 311 g/mol. The summed E-state index contributed by atoms with van der Waals surface area (Å²) in [6.45, 7) is 1.89. The minimum atomic E-state index is -3.65. The second-order valence-corrected chi connectivity index (χ2v) is 6.38. The number of hydrogen-bond donors (Lipinski definition) is 1. The van der Waals surface area contributed by atoms with Crippen molar-refractivity contribution < 1.29 is 13.2 Å². The molecule has 2 rings (SSSR count). The van der Waals surface area contributed by atoms with Crippen molar-refractivity contribution in [3.8, 4) is 5.75 Å². The lowest BCUT2D eigenvalue weighted by Gasteiger charge is -2.12. The molecule has 0 amide bonds. The summed E-state index contributed by atoms with van der Waals surface area (Å²) in [6.07, 6.45) is 0. The Balaban J connectivity index is 2.35. The van der Waals surface area contributed by atoms with Crippen LogP contribution in [0.5, 0.6) is 5.75 Å². The van der Waals surface area contributed by atoms with Crippen LogP contribution in [-0.2, 0) is 10.0 Å². The van der Waals surface area contributed by atoms with Gasteiger partial charge in [-0.2, -0.15) is 0 Å². The molecule has 0 aromatic heterocycles. The summed E-state index contributed by atoms with van der Waals surface area (Å²) in [5.74, 6) is 0.369. The molecule has 6 heteroatoms. The van der Waals surface area contributed by atoms with E-state index in [4.69, 9.17) is 16.3 Å². The van der Waals surface area contributed by atoms with Crippen LogP contribution in [0.1, 0.15) is 5.56 Å². The molecular formula is C14H14ClNO3S. The molecular weight excluding hydrogens is 298 g/mol. The molecule has 0 saturated carbocycles. The normalized spacial score (nSPS) is 11.2. The number of aryl methyl sites for hydroxylation is 1. The topological polar surface area (TPSA) is 55.4 Å². The summed E-state index contributed by atoms with van der Waals surface area (Å²) in [5.41, 5.74) is 1.34. The zero-order valence-electron chi connectivity index (χ0n) is 11.1. The first-order chi connectivity index (χ1) is 9.42. The fourth-order valence-corrected chi connectivity index (χ4v) is 2.90. The third-order valence-corrected chi connectivity index (χ3v) is 4.36. The van der Waals surface area contributed by atoms with Gasteiger partial charge in [-0.15, -0.1) is 0 Å². The molecule has 2 aromatic carbocycles. The Morgan fingerprint density at radius 1 is 1.10 bits per heavy atom. The molecule has 0 saturated heterocycles. The van der Waals surface area contributed by atoms with Crippen LogP contribution in [0.3, 0.4) is 0 Å². The summed E-state index contributed by atoms with van der Waals surface area (Å²) < 4.78 is 32.1. The van der Waals surface area contributed by atoms with Gasteiger partial charge in [0.15, 0.2) is 0 Å².